The van der Waals surface area contributed by atoms with Crippen molar-refractivity contribution in [1.82, 2.24) is 10.2 Å². The quantitative estimate of drug-likeness (QED) is 0.401. The molecule has 0 bridgehead atoms. The molecule has 0 fully saturated rings. The maximum atomic E-state index is 13.7. The van der Waals surface area contributed by atoms with Gasteiger partial charge in [0.05, 0.1) is 17.6 Å². The van der Waals surface area contributed by atoms with Gasteiger partial charge in [-0.15, -0.1) is 10.2 Å². The highest BCUT2D eigenvalue weighted by Crippen LogP contribution is 2.51. The second-order valence-corrected chi connectivity index (χ2v) is 11.9. The van der Waals surface area contributed by atoms with Gasteiger partial charge in [-0.1, -0.05) is 79.4 Å². The zero-order chi connectivity index (χ0) is 26.2. The summed E-state index contributed by atoms with van der Waals surface area (Å²) in [6.07, 6.45) is 2.95. The first kappa shape index (κ1) is 25.1. The molecule has 0 radical (unpaired) electrons. The fourth-order valence-electron chi connectivity index (χ4n) is 4.96. The molecule has 1 aliphatic heterocycles. The number of Topliss-reactive ketones (excluding diaryl/α,β-unsaturated/α-hetero) is 1. The van der Waals surface area contributed by atoms with Gasteiger partial charge in [0.1, 0.15) is 18.2 Å². The number of hydrogen-bond donors (Lipinski definition) is 1. The zero-order valence-electron chi connectivity index (χ0n) is 20.9. The number of hydrogen-bond acceptors (Lipinski definition) is 9. The Hall–Kier alpha value is -3.61. The van der Waals surface area contributed by atoms with Crippen LogP contribution in [-0.4, -0.2) is 22.2 Å². The van der Waals surface area contributed by atoms with Crippen molar-refractivity contribution in [2.75, 3.05) is 11.2 Å². The van der Waals surface area contributed by atoms with Gasteiger partial charge in [0.15, 0.2) is 10.1 Å². The summed E-state index contributed by atoms with van der Waals surface area (Å²) in [6.45, 7) is 4.57. The predicted molar refractivity (Wildman–Crippen MR) is 146 cm³/mol. The van der Waals surface area contributed by atoms with Crippen LogP contribution in [0.5, 0.6) is 5.75 Å². The number of aromatic nitrogens is 2. The molecule has 0 saturated carbocycles. The van der Waals surface area contributed by atoms with Crippen LogP contribution < -0.4 is 15.4 Å². The molecule has 37 heavy (non-hydrogen) atoms. The molecule has 2 aliphatic rings. The average molecular weight is 530 g/mol. The number of ether oxygens (including phenoxy) is 1. The maximum absolute atomic E-state index is 13.7. The van der Waals surface area contributed by atoms with Gasteiger partial charge in [-0.2, -0.15) is 5.26 Å². The van der Waals surface area contributed by atoms with Crippen molar-refractivity contribution in [3.63, 3.8) is 0 Å². The second kappa shape index (κ2) is 10.0. The maximum Gasteiger partial charge on any atom is 0.219 e. The Balaban J connectivity index is 1.60. The van der Waals surface area contributed by atoms with E-state index in [0.29, 0.717) is 41.5 Å². The van der Waals surface area contributed by atoms with Crippen molar-refractivity contribution in [1.29, 1.82) is 5.26 Å². The molecule has 7 nitrogen and oxygen atoms in total. The van der Waals surface area contributed by atoms with Crippen LogP contribution in [0.15, 0.2) is 81.6 Å². The lowest BCUT2D eigenvalue weighted by atomic mass is 9.68. The minimum absolute atomic E-state index is 0.0201. The lowest BCUT2D eigenvalue weighted by Gasteiger charge is -2.42. The molecule has 188 valence electrons. The molecule has 3 aromatic rings. The highest BCUT2D eigenvalue weighted by Gasteiger charge is 2.45. The molecule has 1 unspecified atom stereocenters. The van der Waals surface area contributed by atoms with E-state index < -0.39 is 5.92 Å². The van der Waals surface area contributed by atoms with Crippen LogP contribution in [0.25, 0.3) is 0 Å². The Bertz CT molecular complexity index is 1450. The van der Waals surface area contributed by atoms with E-state index in [-0.39, 0.29) is 17.0 Å². The van der Waals surface area contributed by atoms with Gasteiger partial charge < -0.3 is 10.5 Å². The van der Waals surface area contributed by atoms with Gasteiger partial charge in [-0.25, -0.2) is 0 Å². The standard InChI is InChI=1S/C28H27N5O2S2/c1-28(2)13-21-24(22(34)14-28)23(20(15-29)25(30)33(21)26-31-32-27(36-3)37-26)18-10-7-11-19(12-18)35-16-17-8-5-4-6-9-17/h4-12,23H,13-14,16,30H2,1-3H3. The van der Waals surface area contributed by atoms with E-state index in [2.05, 4.69) is 30.1 Å². The first-order valence-corrected chi connectivity index (χ1v) is 14.0. The first-order chi connectivity index (χ1) is 17.8. The number of nitrogens with two attached hydrogens (primary N) is 1. The summed E-state index contributed by atoms with van der Waals surface area (Å²) in [5.41, 5.74) is 10.0. The third kappa shape index (κ3) is 4.87. The molecule has 5 rings (SSSR count). The lowest BCUT2D eigenvalue weighted by molar-refractivity contribution is -0.118. The number of carbonyl (C=O) groups excluding carboxylic acids is 1. The van der Waals surface area contributed by atoms with Crippen molar-refractivity contribution >= 4 is 34.0 Å². The van der Waals surface area contributed by atoms with Gasteiger partial charge in [0.2, 0.25) is 5.13 Å². The van der Waals surface area contributed by atoms with Gasteiger partial charge in [-0.05, 0) is 41.4 Å². The van der Waals surface area contributed by atoms with Crippen LogP contribution in [0.1, 0.15) is 43.7 Å². The molecule has 2 heterocycles. The van der Waals surface area contributed by atoms with Crippen molar-refractivity contribution in [3.8, 4) is 11.8 Å². The highest BCUT2D eigenvalue weighted by atomic mass is 32.2. The number of nitrogens with zero attached hydrogens (tertiary/aromatic N) is 4. The van der Waals surface area contributed by atoms with E-state index >= 15 is 0 Å². The minimum atomic E-state index is -0.576. The highest BCUT2D eigenvalue weighted by molar-refractivity contribution is 8.00. The van der Waals surface area contributed by atoms with Crippen molar-refractivity contribution in [3.05, 3.63) is 88.4 Å². The molecular weight excluding hydrogens is 502 g/mol. The average Bonchev–Trinajstić information content (AvgIpc) is 3.35. The molecule has 0 saturated heterocycles. The van der Waals surface area contributed by atoms with E-state index in [1.54, 1.807) is 4.90 Å². The van der Waals surface area contributed by atoms with Crippen molar-refractivity contribution in [2.45, 2.75) is 43.6 Å². The van der Waals surface area contributed by atoms with Crippen LogP contribution in [-0.2, 0) is 11.4 Å². The molecule has 0 spiro atoms. The van der Waals surface area contributed by atoms with Crippen molar-refractivity contribution < 1.29 is 9.53 Å². The Morgan fingerprint density at radius 1 is 1.19 bits per heavy atom. The number of thioether (sulfide) groups is 1. The Labute approximate surface area is 224 Å². The van der Waals surface area contributed by atoms with E-state index in [1.807, 2.05) is 60.9 Å². The second-order valence-electron chi connectivity index (χ2n) is 9.88. The number of nitriles is 1. The fourth-order valence-corrected chi connectivity index (χ4v) is 6.26. The Kier molecular flexibility index (Phi) is 6.80. The van der Waals surface area contributed by atoms with E-state index in [4.69, 9.17) is 10.5 Å². The summed E-state index contributed by atoms with van der Waals surface area (Å²) in [6, 6.07) is 19.8. The van der Waals surface area contributed by atoms with Gasteiger partial charge >= 0.3 is 0 Å². The van der Waals surface area contributed by atoms with Crippen LogP contribution in [0.2, 0.25) is 0 Å². The summed E-state index contributed by atoms with van der Waals surface area (Å²) >= 11 is 2.89. The van der Waals surface area contributed by atoms with Gasteiger partial charge in [0.25, 0.3) is 0 Å². The summed E-state index contributed by atoms with van der Waals surface area (Å²) in [5, 5.41) is 19.4. The summed E-state index contributed by atoms with van der Waals surface area (Å²) in [5.74, 6) is 0.398. The fraction of sp³-hybridized carbons (Fsp3) is 0.286. The molecule has 2 N–H and O–H groups in total. The molecule has 2 aromatic carbocycles. The van der Waals surface area contributed by atoms with E-state index in [9.17, 15) is 10.1 Å². The lowest BCUT2D eigenvalue weighted by Crippen LogP contribution is -2.42. The summed E-state index contributed by atoms with van der Waals surface area (Å²) in [4.78, 5) is 15.5. The number of ketones is 1. The number of rotatable bonds is 6. The number of anilines is 1. The van der Waals surface area contributed by atoms with Crippen LogP contribution >= 0.6 is 23.1 Å². The van der Waals surface area contributed by atoms with E-state index in [1.165, 1.54) is 23.1 Å². The molecule has 9 heteroatoms. The largest absolute Gasteiger partial charge is 0.489 e. The molecular formula is C28H27N5O2S2. The van der Waals surface area contributed by atoms with Crippen molar-refractivity contribution in [2.24, 2.45) is 11.1 Å². The van der Waals surface area contributed by atoms with E-state index in [0.717, 1.165) is 21.2 Å². The molecule has 1 aliphatic carbocycles. The topological polar surface area (TPSA) is 105 Å². The zero-order valence-corrected chi connectivity index (χ0v) is 22.5. The third-order valence-electron chi connectivity index (χ3n) is 6.58. The third-order valence-corrected chi connectivity index (χ3v) is 8.47. The molecule has 1 atom stereocenters. The summed E-state index contributed by atoms with van der Waals surface area (Å²) < 4.78 is 6.85. The van der Waals surface area contributed by atoms with Crippen LogP contribution in [0.3, 0.4) is 0 Å². The number of carbonyl (C=O) groups is 1. The van der Waals surface area contributed by atoms with Gasteiger partial charge in [-0.3, -0.25) is 9.69 Å². The first-order valence-electron chi connectivity index (χ1n) is 11.9. The minimum Gasteiger partial charge on any atom is -0.489 e. The van der Waals surface area contributed by atoms with Crippen LogP contribution in [0.4, 0.5) is 5.13 Å². The SMILES string of the molecule is CSc1nnc(N2C(N)=C(C#N)C(c3cccc(OCc4ccccc4)c3)C3=C2CC(C)(C)CC3=O)s1. The Morgan fingerprint density at radius 2 is 1.97 bits per heavy atom. The molecule has 0 amide bonds. The van der Waals surface area contributed by atoms with Gasteiger partial charge in [0, 0.05) is 17.7 Å². The monoisotopic (exact) mass is 529 g/mol. The molecule has 1 aromatic heterocycles. The number of benzene rings is 2. The predicted octanol–water partition coefficient (Wildman–Crippen LogP) is 5.78. The summed E-state index contributed by atoms with van der Waals surface area (Å²) in [7, 11) is 0. The normalized spacial score (nSPS) is 19.0. The Morgan fingerprint density at radius 3 is 2.68 bits per heavy atom. The van der Waals surface area contributed by atoms with Crippen LogP contribution in [0, 0.1) is 16.7 Å². The smallest absolute Gasteiger partial charge is 0.219 e. The number of allylic oxidation sites excluding steroid dienone is 3.